The second kappa shape index (κ2) is 8.38. The van der Waals surface area contributed by atoms with E-state index in [9.17, 15) is 9.18 Å². The largest absolute Gasteiger partial charge is 0.382 e. The van der Waals surface area contributed by atoms with Crippen LogP contribution in [0.2, 0.25) is 5.02 Å². The molecule has 0 bridgehead atoms. The molecule has 8 nitrogen and oxygen atoms in total. The third-order valence-corrected chi connectivity index (χ3v) is 4.70. The van der Waals surface area contributed by atoms with Crippen LogP contribution in [-0.2, 0) is 0 Å². The first-order chi connectivity index (χ1) is 14.9. The van der Waals surface area contributed by atoms with Crippen molar-refractivity contribution in [3.8, 4) is 11.8 Å². The fourth-order valence-corrected chi connectivity index (χ4v) is 3.11. The van der Waals surface area contributed by atoms with Crippen LogP contribution >= 0.6 is 11.6 Å². The Bertz CT molecular complexity index is 1390. The Hall–Kier alpha value is -4.03. The first kappa shape index (κ1) is 20.3. The molecule has 0 saturated carbocycles. The van der Waals surface area contributed by atoms with E-state index in [4.69, 9.17) is 17.3 Å². The van der Waals surface area contributed by atoms with Crippen molar-refractivity contribution in [2.45, 2.75) is 13.0 Å². The molecule has 1 aromatic carbocycles. The number of hydrogen-bond donors (Lipinski definition) is 3. The summed E-state index contributed by atoms with van der Waals surface area (Å²) in [6.07, 6.45) is 2.37. The Labute approximate surface area is 180 Å². The van der Waals surface area contributed by atoms with Gasteiger partial charge in [0.25, 0.3) is 5.56 Å². The molecular weight excluding hydrogens is 421 g/mol. The van der Waals surface area contributed by atoms with Gasteiger partial charge in [0.2, 0.25) is 0 Å². The monoisotopic (exact) mass is 435 g/mol. The zero-order valence-corrected chi connectivity index (χ0v) is 16.9. The minimum Gasteiger partial charge on any atom is -0.382 e. The number of benzene rings is 1. The zero-order valence-electron chi connectivity index (χ0n) is 16.1. The van der Waals surface area contributed by atoms with E-state index >= 15 is 0 Å². The smallest absolute Gasteiger partial charge is 0.260 e. The minimum absolute atomic E-state index is 0.158. The number of pyridine rings is 1. The van der Waals surface area contributed by atoms with E-state index in [1.807, 2.05) is 0 Å². The molecule has 0 aliphatic heterocycles. The second-order valence-electron chi connectivity index (χ2n) is 6.55. The molecule has 4 aromatic rings. The van der Waals surface area contributed by atoms with Gasteiger partial charge in [0.15, 0.2) is 0 Å². The predicted molar refractivity (Wildman–Crippen MR) is 116 cm³/mol. The summed E-state index contributed by atoms with van der Waals surface area (Å²) >= 11 is 6.11. The number of fused-ring (bicyclic) bond motifs is 1. The van der Waals surface area contributed by atoms with E-state index in [0.29, 0.717) is 38.8 Å². The van der Waals surface area contributed by atoms with Gasteiger partial charge >= 0.3 is 0 Å². The summed E-state index contributed by atoms with van der Waals surface area (Å²) in [5.41, 5.74) is 6.81. The summed E-state index contributed by atoms with van der Waals surface area (Å²) in [5, 5.41) is 3.79. The first-order valence-corrected chi connectivity index (χ1v) is 9.49. The van der Waals surface area contributed by atoms with Gasteiger partial charge in [-0.25, -0.2) is 24.3 Å². The van der Waals surface area contributed by atoms with Crippen molar-refractivity contribution >= 4 is 34.1 Å². The highest BCUT2D eigenvalue weighted by atomic mass is 35.5. The van der Waals surface area contributed by atoms with Crippen molar-refractivity contribution < 1.29 is 4.39 Å². The standard InChI is InChI=1S/C21H15ClFN7O/c1-11(19-29-16-4-2-3-15(22)17(16)21(31)30-19)28-20-14(18(24)26-10-27-20)8-7-13-6-5-12(23)9-25-13/h2-6,9-11H,1H3,(H,29,30,31)(H3,24,26,27,28). The fraction of sp³-hybridized carbons (Fsp3) is 0.0952. The highest BCUT2D eigenvalue weighted by molar-refractivity contribution is 6.35. The minimum atomic E-state index is -0.456. The molecule has 0 aliphatic rings. The lowest BCUT2D eigenvalue weighted by molar-refractivity contribution is 0.621. The molecule has 1 unspecified atom stereocenters. The van der Waals surface area contributed by atoms with Crippen LogP contribution in [-0.4, -0.2) is 24.9 Å². The van der Waals surface area contributed by atoms with Crippen LogP contribution < -0.4 is 16.6 Å². The Morgan fingerprint density at radius 1 is 1.19 bits per heavy atom. The summed E-state index contributed by atoms with van der Waals surface area (Å²) in [4.78, 5) is 31.8. The van der Waals surface area contributed by atoms with E-state index in [1.54, 1.807) is 25.1 Å². The van der Waals surface area contributed by atoms with E-state index in [2.05, 4.69) is 42.1 Å². The molecule has 10 heteroatoms. The Kier molecular flexibility index (Phi) is 5.47. The van der Waals surface area contributed by atoms with Gasteiger partial charge in [-0.2, -0.15) is 0 Å². The number of anilines is 2. The number of aromatic nitrogens is 5. The Morgan fingerprint density at radius 3 is 2.81 bits per heavy atom. The number of nitrogen functional groups attached to an aromatic ring is 1. The van der Waals surface area contributed by atoms with Gasteiger partial charge in [-0.05, 0) is 37.1 Å². The van der Waals surface area contributed by atoms with Crippen molar-refractivity contribution in [1.82, 2.24) is 24.9 Å². The first-order valence-electron chi connectivity index (χ1n) is 9.11. The maximum absolute atomic E-state index is 13.0. The summed E-state index contributed by atoms with van der Waals surface area (Å²) in [6, 6.07) is 7.33. The van der Waals surface area contributed by atoms with Gasteiger partial charge in [0.1, 0.15) is 40.9 Å². The molecule has 0 aliphatic carbocycles. The molecule has 31 heavy (non-hydrogen) atoms. The molecule has 154 valence electrons. The maximum atomic E-state index is 13.0. The highest BCUT2D eigenvalue weighted by Crippen LogP contribution is 2.23. The fourth-order valence-electron chi connectivity index (χ4n) is 2.85. The van der Waals surface area contributed by atoms with Crippen molar-refractivity contribution in [1.29, 1.82) is 0 Å². The SMILES string of the molecule is CC(Nc1ncnc(N)c1C#Cc1ccc(F)cn1)c1nc2cccc(Cl)c2c(=O)[nH]1. The molecule has 0 amide bonds. The zero-order chi connectivity index (χ0) is 22.0. The second-order valence-corrected chi connectivity index (χ2v) is 6.95. The van der Waals surface area contributed by atoms with Crippen LogP contribution in [0.25, 0.3) is 10.9 Å². The normalized spacial score (nSPS) is 11.6. The number of rotatable bonds is 3. The molecule has 3 heterocycles. The van der Waals surface area contributed by atoms with Crippen molar-refractivity contribution in [2.75, 3.05) is 11.1 Å². The number of nitrogens with two attached hydrogens (primary N) is 1. The quantitative estimate of drug-likeness (QED) is 0.422. The lowest BCUT2D eigenvalue weighted by Gasteiger charge is -2.16. The number of hydrogen-bond acceptors (Lipinski definition) is 7. The Balaban J connectivity index is 1.67. The topological polar surface area (TPSA) is 122 Å². The molecule has 3 aromatic heterocycles. The van der Waals surface area contributed by atoms with Gasteiger partial charge in [-0.15, -0.1) is 0 Å². The molecule has 0 spiro atoms. The molecule has 0 saturated heterocycles. The van der Waals surface area contributed by atoms with Crippen LogP contribution in [0.4, 0.5) is 16.0 Å². The van der Waals surface area contributed by atoms with Crippen LogP contribution in [0.3, 0.4) is 0 Å². The lowest BCUT2D eigenvalue weighted by atomic mass is 10.2. The van der Waals surface area contributed by atoms with Crippen LogP contribution in [0.15, 0.2) is 47.7 Å². The average molecular weight is 436 g/mol. The van der Waals surface area contributed by atoms with Gasteiger partial charge < -0.3 is 16.0 Å². The molecule has 0 radical (unpaired) electrons. The van der Waals surface area contributed by atoms with Gasteiger partial charge in [-0.3, -0.25) is 4.79 Å². The summed E-state index contributed by atoms with van der Waals surface area (Å²) in [7, 11) is 0. The lowest BCUT2D eigenvalue weighted by Crippen LogP contribution is -2.19. The van der Waals surface area contributed by atoms with E-state index in [0.717, 1.165) is 6.20 Å². The third kappa shape index (κ3) is 4.29. The van der Waals surface area contributed by atoms with Crippen LogP contribution in [0.5, 0.6) is 0 Å². The van der Waals surface area contributed by atoms with E-state index in [1.165, 1.54) is 18.5 Å². The molecule has 4 N–H and O–H groups in total. The summed E-state index contributed by atoms with van der Waals surface area (Å²) < 4.78 is 13.0. The number of aromatic amines is 1. The van der Waals surface area contributed by atoms with Crippen LogP contribution in [0.1, 0.15) is 30.0 Å². The van der Waals surface area contributed by atoms with Crippen LogP contribution in [0, 0.1) is 17.7 Å². The van der Waals surface area contributed by atoms with Gasteiger partial charge in [0, 0.05) is 0 Å². The van der Waals surface area contributed by atoms with Gasteiger partial charge in [-0.1, -0.05) is 23.6 Å². The molecule has 1 atom stereocenters. The Morgan fingerprint density at radius 2 is 2.03 bits per heavy atom. The number of halogens is 2. The van der Waals surface area contributed by atoms with Crippen molar-refractivity contribution in [2.24, 2.45) is 0 Å². The maximum Gasteiger partial charge on any atom is 0.260 e. The molecule has 0 fully saturated rings. The summed E-state index contributed by atoms with van der Waals surface area (Å²) in [6.45, 7) is 1.80. The van der Waals surface area contributed by atoms with E-state index in [-0.39, 0.29) is 11.4 Å². The highest BCUT2D eigenvalue weighted by Gasteiger charge is 2.15. The average Bonchev–Trinajstić information content (AvgIpc) is 2.74. The molecule has 4 rings (SSSR count). The van der Waals surface area contributed by atoms with Crippen molar-refractivity contribution in [3.05, 3.63) is 81.1 Å². The third-order valence-electron chi connectivity index (χ3n) is 4.38. The molecular formula is C21H15ClFN7O. The number of nitrogens with zero attached hydrogens (tertiary/aromatic N) is 4. The van der Waals surface area contributed by atoms with E-state index < -0.39 is 11.9 Å². The summed E-state index contributed by atoms with van der Waals surface area (Å²) in [5.74, 6) is 6.11. The number of nitrogens with one attached hydrogen (secondary N) is 2. The van der Waals surface area contributed by atoms with Gasteiger partial charge in [0.05, 0.1) is 28.2 Å². The number of H-pyrrole nitrogens is 1. The van der Waals surface area contributed by atoms with Crippen molar-refractivity contribution in [3.63, 3.8) is 0 Å². The predicted octanol–water partition coefficient (Wildman–Crippen LogP) is 3.06.